The molecule has 0 aromatic heterocycles. The molecule has 0 spiro atoms. The number of hydrogen-bond donors (Lipinski definition) is 2. The van der Waals surface area contributed by atoms with E-state index in [0.717, 1.165) is 5.56 Å². The Bertz CT molecular complexity index is 906. The van der Waals surface area contributed by atoms with Crippen molar-refractivity contribution in [3.8, 4) is 5.75 Å². The first kappa shape index (κ1) is 17.2. The van der Waals surface area contributed by atoms with E-state index in [1.54, 1.807) is 42.5 Å². The molecule has 3 aromatic carbocycles. The number of nitrogens with one attached hydrogen (secondary N) is 1. The maximum Gasteiger partial charge on any atom is 0.255 e. The van der Waals surface area contributed by atoms with Crippen molar-refractivity contribution < 1.29 is 14.3 Å². The molecule has 5 nitrogen and oxygen atoms in total. The molecular weight excluding hydrogens is 328 g/mol. The summed E-state index contributed by atoms with van der Waals surface area (Å²) in [5, 5.41) is 2.74. The van der Waals surface area contributed by atoms with Crippen LogP contribution in [0.5, 0.6) is 5.75 Å². The maximum absolute atomic E-state index is 12.3. The van der Waals surface area contributed by atoms with Crippen LogP contribution in [0.3, 0.4) is 0 Å². The van der Waals surface area contributed by atoms with E-state index in [-0.39, 0.29) is 5.91 Å². The van der Waals surface area contributed by atoms with Crippen LogP contribution in [0.2, 0.25) is 0 Å². The smallest absolute Gasteiger partial charge is 0.255 e. The first-order valence-corrected chi connectivity index (χ1v) is 8.10. The Morgan fingerprint density at radius 3 is 2.27 bits per heavy atom. The number of primary amides is 1. The zero-order valence-electron chi connectivity index (χ0n) is 14.0. The van der Waals surface area contributed by atoms with Crippen molar-refractivity contribution in [3.05, 3.63) is 95.6 Å². The molecule has 130 valence electrons. The number of nitrogens with two attached hydrogens (primary N) is 1. The Labute approximate surface area is 151 Å². The van der Waals surface area contributed by atoms with E-state index in [1.807, 2.05) is 30.3 Å². The lowest BCUT2D eigenvalue weighted by Crippen LogP contribution is -2.14. The first-order valence-electron chi connectivity index (χ1n) is 8.10. The topological polar surface area (TPSA) is 81.4 Å². The van der Waals surface area contributed by atoms with Crippen LogP contribution >= 0.6 is 0 Å². The monoisotopic (exact) mass is 346 g/mol. The Kier molecular flexibility index (Phi) is 5.29. The number of amides is 2. The molecule has 5 heteroatoms. The van der Waals surface area contributed by atoms with Crippen LogP contribution < -0.4 is 15.8 Å². The highest BCUT2D eigenvalue weighted by molar-refractivity contribution is 6.05. The highest BCUT2D eigenvalue weighted by Crippen LogP contribution is 2.16. The molecule has 3 aromatic rings. The fraction of sp³-hybridized carbons (Fsp3) is 0.0476. The van der Waals surface area contributed by atoms with Crippen molar-refractivity contribution in [1.29, 1.82) is 0 Å². The average molecular weight is 346 g/mol. The largest absolute Gasteiger partial charge is 0.489 e. The quantitative estimate of drug-likeness (QED) is 0.715. The summed E-state index contributed by atoms with van der Waals surface area (Å²) in [7, 11) is 0. The fourth-order valence-electron chi connectivity index (χ4n) is 2.40. The zero-order chi connectivity index (χ0) is 18.4. The Balaban J connectivity index is 1.61. The van der Waals surface area contributed by atoms with Crippen molar-refractivity contribution in [1.82, 2.24) is 0 Å². The van der Waals surface area contributed by atoms with E-state index in [2.05, 4.69) is 5.32 Å². The number of carbonyl (C=O) groups is 2. The second-order valence-electron chi connectivity index (χ2n) is 5.70. The molecule has 2 amide bonds. The van der Waals surface area contributed by atoms with Crippen molar-refractivity contribution in [2.75, 3.05) is 5.32 Å². The Morgan fingerprint density at radius 1 is 0.846 bits per heavy atom. The minimum absolute atomic E-state index is 0.277. The van der Waals surface area contributed by atoms with Crippen LogP contribution in [0, 0.1) is 0 Å². The lowest BCUT2D eigenvalue weighted by atomic mass is 10.1. The van der Waals surface area contributed by atoms with Crippen LogP contribution in [0.25, 0.3) is 0 Å². The van der Waals surface area contributed by atoms with E-state index < -0.39 is 5.91 Å². The van der Waals surface area contributed by atoms with Gasteiger partial charge < -0.3 is 15.8 Å². The molecular formula is C21H18N2O3. The van der Waals surface area contributed by atoms with E-state index >= 15 is 0 Å². The van der Waals surface area contributed by atoms with Crippen LogP contribution in [-0.4, -0.2) is 11.8 Å². The lowest BCUT2D eigenvalue weighted by molar-refractivity contribution is 0.0996. The summed E-state index contributed by atoms with van der Waals surface area (Å²) in [6, 6.07) is 23.2. The van der Waals surface area contributed by atoms with Gasteiger partial charge in [-0.15, -0.1) is 0 Å². The maximum atomic E-state index is 12.3. The number of ether oxygens (including phenoxy) is 1. The minimum atomic E-state index is -0.541. The van der Waals surface area contributed by atoms with Gasteiger partial charge in [-0.05, 0) is 48.0 Å². The molecule has 26 heavy (non-hydrogen) atoms. The Hall–Kier alpha value is -3.60. The van der Waals surface area contributed by atoms with Gasteiger partial charge in [0.05, 0.1) is 0 Å². The second kappa shape index (κ2) is 7.98. The second-order valence-corrected chi connectivity index (χ2v) is 5.70. The molecule has 0 aliphatic heterocycles. The van der Waals surface area contributed by atoms with Gasteiger partial charge in [-0.25, -0.2) is 0 Å². The number of benzene rings is 3. The third-order valence-corrected chi connectivity index (χ3v) is 3.77. The van der Waals surface area contributed by atoms with Crippen LogP contribution in [0.1, 0.15) is 26.3 Å². The summed E-state index contributed by atoms with van der Waals surface area (Å²) in [4.78, 5) is 23.5. The van der Waals surface area contributed by atoms with Crippen LogP contribution in [0.4, 0.5) is 5.69 Å². The molecule has 0 bridgehead atoms. The van der Waals surface area contributed by atoms with Crippen LogP contribution in [0.15, 0.2) is 78.9 Å². The molecule has 0 atom stereocenters. The summed E-state index contributed by atoms with van der Waals surface area (Å²) in [5.41, 5.74) is 7.66. The van der Waals surface area contributed by atoms with Crippen molar-refractivity contribution in [3.63, 3.8) is 0 Å². The third-order valence-electron chi connectivity index (χ3n) is 3.77. The molecule has 0 aliphatic rings. The lowest BCUT2D eigenvalue weighted by Gasteiger charge is -2.09. The average Bonchev–Trinajstić information content (AvgIpc) is 2.68. The fourth-order valence-corrected chi connectivity index (χ4v) is 2.40. The molecule has 0 unspecified atom stereocenters. The molecule has 0 radical (unpaired) electrons. The minimum Gasteiger partial charge on any atom is -0.489 e. The molecule has 0 saturated heterocycles. The summed E-state index contributed by atoms with van der Waals surface area (Å²) >= 11 is 0. The summed E-state index contributed by atoms with van der Waals surface area (Å²) < 4.78 is 5.70. The van der Waals surface area contributed by atoms with E-state index in [0.29, 0.717) is 29.2 Å². The number of anilines is 1. The van der Waals surface area contributed by atoms with Gasteiger partial charge in [-0.2, -0.15) is 0 Å². The van der Waals surface area contributed by atoms with Gasteiger partial charge in [-0.1, -0.05) is 36.4 Å². The molecule has 3 N–H and O–H groups in total. The Morgan fingerprint density at radius 2 is 1.58 bits per heavy atom. The van der Waals surface area contributed by atoms with E-state index in [9.17, 15) is 9.59 Å². The number of rotatable bonds is 6. The third kappa shape index (κ3) is 4.48. The van der Waals surface area contributed by atoms with Crippen molar-refractivity contribution in [2.24, 2.45) is 5.73 Å². The van der Waals surface area contributed by atoms with Gasteiger partial charge in [-0.3, -0.25) is 9.59 Å². The number of hydrogen-bond acceptors (Lipinski definition) is 3. The molecule has 0 heterocycles. The van der Waals surface area contributed by atoms with Gasteiger partial charge in [0.15, 0.2) is 0 Å². The molecule has 0 fully saturated rings. The predicted octanol–water partition coefficient (Wildman–Crippen LogP) is 3.62. The number of carbonyl (C=O) groups excluding carboxylic acids is 2. The summed E-state index contributed by atoms with van der Waals surface area (Å²) in [6.07, 6.45) is 0. The van der Waals surface area contributed by atoms with Gasteiger partial charge in [0, 0.05) is 16.8 Å². The van der Waals surface area contributed by atoms with E-state index in [4.69, 9.17) is 10.5 Å². The summed E-state index contributed by atoms with van der Waals surface area (Å²) in [5.74, 6) is -0.136. The predicted molar refractivity (Wildman–Crippen MR) is 100 cm³/mol. The van der Waals surface area contributed by atoms with Gasteiger partial charge >= 0.3 is 0 Å². The van der Waals surface area contributed by atoms with Crippen molar-refractivity contribution in [2.45, 2.75) is 6.61 Å². The molecule has 0 aliphatic carbocycles. The summed E-state index contributed by atoms with van der Waals surface area (Å²) in [6.45, 7) is 0.465. The molecule has 3 rings (SSSR count). The van der Waals surface area contributed by atoms with Gasteiger partial charge in [0.25, 0.3) is 5.91 Å². The zero-order valence-corrected chi connectivity index (χ0v) is 14.0. The standard InChI is InChI=1S/C21H18N2O3/c22-20(24)17-7-4-8-18(13-17)23-21(25)16-9-11-19(12-10-16)26-14-15-5-2-1-3-6-15/h1-13H,14H2,(H2,22,24)(H,23,25). The van der Waals surface area contributed by atoms with Crippen LogP contribution in [-0.2, 0) is 6.61 Å². The first-order chi connectivity index (χ1) is 12.6. The SMILES string of the molecule is NC(=O)c1cccc(NC(=O)c2ccc(OCc3ccccc3)cc2)c1. The highest BCUT2D eigenvalue weighted by atomic mass is 16.5. The van der Waals surface area contributed by atoms with E-state index in [1.165, 1.54) is 6.07 Å². The van der Waals surface area contributed by atoms with Gasteiger partial charge in [0.1, 0.15) is 12.4 Å². The normalized spacial score (nSPS) is 10.2. The van der Waals surface area contributed by atoms with Gasteiger partial charge in [0.2, 0.25) is 5.91 Å². The molecule has 0 saturated carbocycles. The van der Waals surface area contributed by atoms with Crippen molar-refractivity contribution >= 4 is 17.5 Å². The highest BCUT2D eigenvalue weighted by Gasteiger charge is 2.08.